The van der Waals surface area contributed by atoms with Crippen molar-refractivity contribution in [2.45, 2.75) is 4.90 Å². The number of benzene rings is 1. The van der Waals surface area contributed by atoms with Crippen LogP contribution >= 0.6 is 49.2 Å². The van der Waals surface area contributed by atoms with E-state index in [2.05, 4.69) is 15.9 Å². The third kappa shape index (κ3) is 2.39. The second-order valence-electron chi connectivity index (χ2n) is 2.28. The Morgan fingerprint density at radius 2 is 2.07 bits per heavy atom. The van der Waals surface area contributed by atoms with E-state index in [1.165, 1.54) is 12.1 Å². The summed E-state index contributed by atoms with van der Waals surface area (Å²) < 4.78 is 23.0. The molecule has 3 nitrogen and oxygen atoms in total. The van der Waals surface area contributed by atoms with Gasteiger partial charge < -0.3 is 0 Å². The fourth-order valence-electron chi connectivity index (χ4n) is 0.824. The molecule has 0 aliphatic heterocycles. The van der Waals surface area contributed by atoms with Crippen molar-refractivity contribution in [1.82, 2.24) is 0 Å². The second kappa shape index (κ2) is 4.35. The van der Waals surface area contributed by atoms with Crippen LogP contribution < -0.4 is 0 Å². The van der Waals surface area contributed by atoms with Crippen LogP contribution in [0.25, 0.3) is 0 Å². The van der Waals surface area contributed by atoms with Crippen molar-refractivity contribution in [3.63, 3.8) is 0 Å². The van der Waals surface area contributed by atoms with Crippen LogP contribution in [0.5, 0.6) is 0 Å². The predicted molar refractivity (Wildman–Crippen MR) is 64.6 cm³/mol. The topological polar surface area (TPSA) is 57.9 Å². The highest BCUT2D eigenvalue weighted by Gasteiger charge is 2.18. The Morgan fingerprint density at radius 1 is 1.50 bits per heavy atom. The van der Waals surface area contributed by atoms with Crippen molar-refractivity contribution in [3.8, 4) is 6.07 Å². The third-order valence-corrected chi connectivity index (χ3v) is 4.94. The Bertz CT molecular complexity index is 523. The maximum Gasteiger partial charge on any atom is 0.262 e. The highest BCUT2D eigenvalue weighted by Crippen LogP contribution is 2.29. The monoisotopic (exact) mass is 405 g/mol. The van der Waals surface area contributed by atoms with Gasteiger partial charge in [-0.2, -0.15) is 5.26 Å². The van der Waals surface area contributed by atoms with E-state index in [4.69, 9.17) is 15.9 Å². The highest BCUT2D eigenvalue weighted by atomic mass is 127. The summed E-state index contributed by atoms with van der Waals surface area (Å²) in [6, 6.07) is 4.74. The summed E-state index contributed by atoms with van der Waals surface area (Å²) in [6.07, 6.45) is 0. The molecule has 0 fully saturated rings. The molecule has 1 rings (SSSR count). The van der Waals surface area contributed by atoms with Crippen molar-refractivity contribution >= 4 is 58.3 Å². The molecular formula is C7H2BrClINO2S. The van der Waals surface area contributed by atoms with Gasteiger partial charge in [-0.05, 0) is 50.7 Å². The molecular weight excluding hydrogens is 404 g/mol. The molecule has 0 aliphatic rings. The summed E-state index contributed by atoms with van der Waals surface area (Å²) in [4.78, 5) is -0.0421. The number of rotatable bonds is 1. The molecule has 0 spiro atoms. The molecule has 1 aromatic carbocycles. The Balaban J connectivity index is 3.62. The molecule has 0 atom stereocenters. The number of nitrogens with zero attached hydrogens (tertiary/aromatic N) is 1. The first-order chi connectivity index (χ1) is 6.38. The first-order valence-electron chi connectivity index (χ1n) is 3.20. The van der Waals surface area contributed by atoms with Gasteiger partial charge in [0.1, 0.15) is 6.07 Å². The molecule has 0 unspecified atom stereocenters. The maximum atomic E-state index is 11.1. The van der Waals surface area contributed by atoms with Crippen molar-refractivity contribution < 1.29 is 8.42 Å². The maximum absolute atomic E-state index is 11.1. The zero-order valence-electron chi connectivity index (χ0n) is 6.46. The fourth-order valence-corrected chi connectivity index (χ4v) is 4.40. The summed E-state index contributed by atoms with van der Waals surface area (Å²) in [5, 5.41) is 8.77. The molecule has 0 aromatic heterocycles. The average molecular weight is 406 g/mol. The molecule has 0 aliphatic carbocycles. The SMILES string of the molecule is N#Cc1c(Br)ccc(S(=O)(=O)Cl)c1I. The Morgan fingerprint density at radius 3 is 2.50 bits per heavy atom. The lowest BCUT2D eigenvalue weighted by atomic mass is 10.2. The quantitative estimate of drug-likeness (QED) is 0.532. The molecule has 0 radical (unpaired) electrons. The van der Waals surface area contributed by atoms with Gasteiger partial charge in [0.05, 0.1) is 14.0 Å². The van der Waals surface area contributed by atoms with Gasteiger partial charge in [0.15, 0.2) is 0 Å². The van der Waals surface area contributed by atoms with Gasteiger partial charge in [-0.3, -0.25) is 0 Å². The summed E-state index contributed by atoms with van der Waals surface area (Å²) in [6.45, 7) is 0. The van der Waals surface area contributed by atoms with Crippen LogP contribution in [0.2, 0.25) is 0 Å². The number of hydrogen-bond acceptors (Lipinski definition) is 3. The van der Waals surface area contributed by atoms with Crippen LogP contribution in [0.4, 0.5) is 0 Å². The Labute approximate surface area is 108 Å². The van der Waals surface area contributed by atoms with Crippen molar-refractivity contribution in [3.05, 3.63) is 25.7 Å². The van der Waals surface area contributed by atoms with E-state index < -0.39 is 9.05 Å². The highest BCUT2D eigenvalue weighted by molar-refractivity contribution is 14.1. The van der Waals surface area contributed by atoms with E-state index in [0.717, 1.165) is 0 Å². The fraction of sp³-hybridized carbons (Fsp3) is 0. The van der Waals surface area contributed by atoms with Crippen LogP contribution in [-0.4, -0.2) is 8.42 Å². The summed E-state index contributed by atoms with van der Waals surface area (Å²) >= 11 is 4.92. The van der Waals surface area contributed by atoms with Crippen LogP contribution in [0.3, 0.4) is 0 Å². The van der Waals surface area contributed by atoms with Crippen molar-refractivity contribution in [2.75, 3.05) is 0 Å². The molecule has 7 heteroatoms. The van der Waals surface area contributed by atoms with Crippen molar-refractivity contribution in [1.29, 1.82) is 5.26 Å². The second-order valence-corrected chi connectivity index (χ2v) is 6.75. The number of nitriles is 1. The zero-order valence-corrected chi connectivity index (χ0v) is 11.8. The largest absolute Gasteiger partial charge is 0.262 e. The van der Waals surface area contributed by atoms with Gasteiger partial charge in [0, 0.05) is 15.2 Å². The van der Waals surface area contributed by atoms with Crippen LogP contribution in [0, 0.1) is 14.9 Å². The minimum Gasteiger partial charge on any atom is -0.207 e. The summed E-state index contributed by atoms with van der Waals surface area (Å²) in [7, 11) is 1.40. The zero-order chi connectivity index (χ0) is 10.9. The van der Waals surface area contributed by atoms with E-state index in [1.807, 2.05) is 6.07 Å². The van der Waals surface area contributed by atoms with E-state index in [-0.39, 0.29) is 10.5 Å². The smallest absolute Gasteiger partial charge is 0.207 e. The molecule has 0 bridgehead atoms. The number of hydrogen-bond donors (Lipinski definition) is 0. The van der Waals surface area contributed by atoms with Gasteiger partial charge in [0.2, 0.25) is 0 Å². The molecule has 74 valence electrons. The lowest BCUT2D eigenvalue weighted by Gasteiger charge is -2.03. The lowest BCUT2D eigenvalue weighted by Crippen LogP contribution is -1.97. The molecule has 14 heavy (non-hydrogen) atoms. The van der Waals surface area contributed by atoms with Gasteiger partial charge >= 0.3 is 0 Å². The molecule has 0 saturated heterocycles. The van der Waals surface area contributed by atoms with Gasteiger partial charge in [-0.25, -0.2) is 8.42 Å². The first-order valence-corrected chi connectivity index (χ1v) is 7.39. The van der Waals surface area contributed by atoms with Crippen LogP contribution in [-0.2, 0) is 9.05 Å². The normalized spacial score (nSPS) is 11.0. The molecule has 0 heterocycles. The average Bonchev–Trinajstić information content (AvgIpc) is 2.02. The van der Waals surface area contributed by atoms with E-state index in [1.54, 1.807) is 22.6 Å². The standard InChI is InChI=1S/C7H2BrClINO2S/c8-5-1-2-6(14(9,12)13)7(10)4(5)3-11/h1-2H. The number of halogens is 3. The van der Waals surface area contributed by atoms with E-state index in [0.29, 0.717) is 8.04 Å². The minimum atomic E-state index is -3.79. The molecule has 0 saturated carbocycles. The lowest BCUT2D eigenvalue weighted by molar-refractivity contribution is 0.609. The van der Waals surface area contributed by atoms with Gasteiger partial charge in [-0.15, -0.1) is 0 Å². The summed E-state index contributed by atoms with van der Waals surface area (Å²) in [5.74, 6) is 0. The van der Waals surface area contributed by atoms with Crippen LogP contribution in [0.1, 0.15) is 5.56 Å². The molecule has 0 N–H and O–H groups in total. The molecule has 1 aromatic rings. The van der Waals surface area contributed by atoms with Crippen molar-refractivity contribution in [2.24, 2.45) is 0 Å². The molecule has 0 amide bonds. The third-order valence-electron chi connectivity index (χ3n) is 1.43. The van der Waals surface area contributed by atoms with E-state index in [9.17, 15) is 8.42 Å². The Kier molecular flexibility index (Phi) is 3.80. The van der Waals surface area contributed by atoms with Gasteiger partial charge in [-0.1, -0.05) is 0 Å². The predicted octanol–water partition coefficient (Wildman–Crippen LogP) is 2.85. The minimum absolute atomic E-state index is 0.0421. The first kappa shape index (κ1) is 12.2. The van der Waals surface area contributed by atoms with Gasteiger partial charge in [0.25, 0.3) is 9.05 Å². The Hall–Kier alpha value is 0.160. The van der Waals surface area contributed by atoms with Crippen LogP contribution in [0.15, 0.2) is 21.5 Å². The summed E-state index contributed by atoms with van der Waals surface area (Å²) in [5.41, 5.74) is 0.271. The van der Waals surface area contributed by atoms with E-state index >= 15 is 0 Å².